The molecule has 0 fully saturated rings. The molecule has 21 heavy (non-hydrogen) atoms. The zero-order valence-electron chi connectivity index (χ0n) is 10.3. The van der Waals surface area contributed by atoms with E-state index in [-0.39, 0.29) is 15.5 Å². The second-order valence-corrected chi connectivity index (χ2v) is 5.74. The summed E-state index contributed by atoms with van der Waals surface area (Å²) in [5, 5.41) is 3.47. The van der Waals surface area contributed by atoms with Crippen LogP contribution in [0, 0.1) is 0 Å². The van der Waals surface area contributed by atoms with Crippen LogP contribution in [-0.4, -0.2) is 17.5 Å². The van der Waals surface area contributed by atoms with Gasteiger partial charge in [0.25, 0.3) is 0 Å². The van der Waals surface area contributed by atoms with Crippen LogP contribution in [0.2, 0.25) is 0 Å². The molecular formula is C12H7N3O4S2-2. The van der Waals surface area contributed by atoms with Crippen LogP contribution in [0.3, 0.4) is 0 Å². The number of hydrogen-bond donors (Lipinski definition) is 0. The Labute approximate surface area is 124 Å². The molecule has 0 aliphatic heterocycles. The first kappa shape index (κ1) is 15.4. The van der Waals surface area contributed by atoms with Gasteiger partial charge in [-0.3, -0.25) is 8.42 Å². The Bertz CT molecular complexity index is 771. The largest absolute Gasteiger partial charge is 0.768 e. The van der Waals surface area contributed by atoms with Crippen LogP contribution in [0.25, 0.3) is 21.6 Å². The molecule has 0 bridgehead atoms. The molecule has 0 spiro atoms. The summed E-state index contributed by atoms with van der Waals surface area (Å²) < 4.78 is 43.4. The Balaban J connectivity index is 2.54. The van der Waals surface area contributed by atoms with Crippen LogP contribution >= 0.6 is 0 Å². The summed E-state index contributed by atoms with van der Waals surface area (Å²) in [5.74, 6) is 0. The maximum absolute atomic E-state index is 10.9. The number of hydrogen-bond acceptors (Lipinski definition) is 5. The second kappa shape index (κ2) is 6.61. The minimum Gasteiger partial charge on any atom is -0.768 e. The fourth-order valence-corrected chi connectivity index (χ4v) is 2.48. The van der Waals surface area contributed by atoms with Crippen molar-refractivity contribution in [3.8, 4) is 11.1 Å². The molecule has 0 N–H and O–H groups in total. The number of azide groups is 1. The molecule has 0 saturated heterocycles. The van der Waals surface area contributed by atoms with Gasteiger partial charge in [0.05, 0.1) is 0 Å². The van der Waals surface area contributed by atoms with Gasteiger partial charge in [-0.05, 0) is 63.1 Å². The number of rotatable bonds is 4. The van der Waals surface area contributed by atoms with Gasteiger partial charge in [0.15, 0.2) is 0 Å². The standard InChI is InChI=1S/C12H9N3O4S2/c13-15-14-12-7-10(21(18)19)5-6-11(12)8-1-3-9(4-2-8)20(16)17/h1-7H,(H,16,17)(H,18,19)/p-2. The lowest BCUT2D eigenvalue weighted by Crippen LogP contribution is -1.90. The molecule has 0 aromatic heterocycles. The minimum absolute atomic E-state index is 0.00145. The lowest BCUT2D eigenvalue weighted by molar-refractivity contribution is 0.535. The van der Waals surface area contributed by atoms with E-state index in [1.165, 1.54) is 30.3 Å². The Morgan fingerprint density at radius 3 is 2.05 bits per heavy atom. The highest BCUT2D eigenvalue weighted by Gasteiger charge is 2.06. The van der Waals surface area contributed by atoms with E-state index in [0.29, 0.717) is 11.1 Å². The highest BCUT2D eigenvalue weighted by atomic mass is 32.2. The van der Waals surface area contributed by atoms with E-state index in [1.807, 2.05) is 0 Å². The van der Waals surface area contributed by atoms with Crippen molar-refractivity contribution in [3.63, 3.8) is 0 Å². The number of benzene rings is 2. The molecular weight excluding hydrogens is 314 g/mol. The molecule has 9 heteroatoms. The van der Waals surface area contributed by atoms with Crippen molar-refractivity contribution in [2.45, 2.75) is 9.79 Å². The van der Waals surface area contributed by atoms with Crippen LogP contribution in [0.15, 0.2) is 57.4 Å². The monoisotopic (exact) mass is 321 g/mol. The number of nitrogens with zero attached hydrogens (tertiary/aromatic N) is 3. The molecule has 0 heterocycles. The molecule has 0 aliphatic rings. The van der Waals surface area contributed by atoms with Crippen LogP contribution in [-0.2, 0) is 22.2 Å². The highest BCUT2D eigenvalue weighted by Crippen LogP contribution is 2.32. The van der Waals surface area contributed by atoms with Gasteiger partial charge in [-0.25, -0.2) is 0 Å². The Kier molecular flexibility index (Phi) is 4.84. The first-order valence-corrected chi connectivity index (χ1v) is 7.66. The third-order valence-corrected chi connectivity index (χ3v) is 3.97. The van der Waals surface area contributed by atoms with Gasteiger partial charge in [-0.1, -0.05) is 23.3 Å². The summed E-state index contributed by atoms with van der Waals surface area (Å²) in [7, 11) is 0. The van der Waals surface area contributed by atoms with Crippen molar-refractivity contribution >= 4 is 27.8 Å². The van der Waals surface area contributed by atoms with E-state index in [9.17, 15) is 17.5 Å². The summed E-state index contributed by atoms with van der Waals surface area (Å²) in [4.78, 5) is 2.79. The SMILES string of the molecule is [N-]=[N+]=Nc1cc(S(=O)[O-])ccc1-c1ccc(S(=O)[O-])cc1. The van der Waals surface area contributed by atoms with Gasteiger partial charge in [-0.2, -0.15) is 0 Å². The van der Waals surface area contributed by atoms with E-state index in [4.69, 9.17) is 5.53 Å². The first-order chi connectivity index (χ1) is 10.0. The fourth-order valence-electron chi connectivity index (χ4n) is 1.74. The Morgan fingerprint density at radius 1 is 0.952 bits per heavy atom. The lowest BCUT2D eigenvalue weighted by atomic mass is 10.0. The zero-order chi connectivity index (χ0) is 15.4. The predicted octanol–water partition coefficient (Wildman–Crippen LogP) is 2.77. The van der Waals surface area contributed by atoms with Crippen LogP contribution in [0.5, 0.6) is 0 Å². The quantitative estimate of drug-likeness (QED) is 0.371. The lowest BCUT2D eigenvalue weighted by Gasteiger charge is -2.11. The Morgan fingerprint density at radius 2 is 1.52 bits per heavy atom. The third kappa shape index (κ3) is 3.54. The average molecular weight is 321 g/mol. The van der Waals surface area contributed by atoms with Crippen LogP contribution in [0.1, 0.15) is 0 Å². The van der Waals surface area contributed by atoms with Crippen molar-refractivity contribution in [1.29, 1.82) is 0 Å². The molecule has 108 valence electrons. The summed E-state index contributed by atoms with van der Waals surface area (Å²) in [6, 6.07) is 10.0. The molecule has 7 nitrogen and oxygen atoms in total. The molecule has 0 aliphatic carbocycles. The molecule has 0 radical (unpaired) electrons. The zero-order valence-corrected chi connectivity index (χ0v) is 12.0. The summed E-state index contributed by atoms with van der Waals surface area (Å²) in [5.41, 5.74) is 9.82. The fraction of sp³-hybridized carbons (Fsp3) is 0. The molecule has 2 unspecified atom stereocenters. The first-order valence-electron chi connectivity index (χ1n) is 5.51. The van der Waals surface area contributed by atoms with Gasteiger partial charge >= 0.3 is 0 Å². The van der Waals surface area contributed by atoms with Crippen molar-refractivity contribution in [3.05, 3.63) is 52.9 Å². The van der Waals surface area contributed by atoms with E-state index < -0.39 is 22.2 Å². The molecule has 0 amide bonds. The van der Waals surface area contributed by atoms with Gasteiger partial charge in [0.2, 0.25) is 0 Å². The summed E-state index contributed by atoms with van der Waals surface area (Å²) in [6.07, 6.45) is 0. The summed E-state index contributed by atoms with van der Waals surface area (Å²) >= 11 is -4.76. The van der Waals surface area contributed by atoms with Crippen LogP contribution in [0.4, 0.5) is 5.69 Å². The van der Waals surface area contributed by atoms with E-state index in [1.54, 1.807) is 12.1 Å². The van der Waals surface area contributed by atoms with Gasteiger partial charge in [0.1, 0.15) is 0 Å². The normalized spacial score (nSPS) is 13.2. The smallest absolute Gasteiger partial charge is 0.0465 e. The molecule has 2 aromatic rings. The van der Waals surface area contributed by atoms with Crippen molar-refractivity contribution in [1.82, 2.24) is 0 Å². The molecule has 0 saturated carbocycles. The van der Waals surface area contributed by atoms with Crippen LogP contribution < -0.4 is 0 Å². The predicted molar refractivity (Wildman–Crippen MR) is 75.1 cm³/mol. The molecule has 2 rings (SSSR count). The van der Waals surface area contributed by atoms with Gasteiger partial charge in [0, 0.05) is 20.4 Å². The summed E-state index contributed by atoms with van der Waals surface area (Å²) in [6.45, 7) is 0. The van der Waals surface area contributed by atoms with Crippen molar-refractivity contribution in [2.24, 2.45) is 5.11 Å². The highest BCUT2D eigenvalue weighted by molar-refractivity contribution is 7.79. The van der Waals surface area contributed by atoms with Crippen molar-refractivity contribution < 1.29 is 17.5 Å². The van der Waals surface area contributed by atoms with Gasteiger partial charge < -0.3 is 9.11 Å². The van der Waals surface area contributed by atoms with E-state index >= 15 is 0 Å². The van der Waals surface area contributed by atoms with Gasteiger partial charge in [-0.15, -0.1) is 0 Å². The van der Waals surface area contributed by atoms with E-state index in [2.05, 4.69) is 10.0 Å². The minimum atomic E-state index is -2.43. The Hall–Kier alpha value is -2.03. The maximum atomic E-state index is 10.9. The second-order valence-electron chi connectivity index (χ2n) is 3.86. The average Bonchev–Trinajstić information content (AvgIpc) is 2.47. The maximum Gasteiger partial charge on any atom is 0.0465 e. The third-order valence-electron chi connectivity index (χ3n) is 2.67. The molecule has 2 aromatic carbocycles. The topological polar surface area (TPSA) is 129 Å². The van der Waals surface area contributed by atoms with E-state index in [0.717, 1.165) is 0 Å². The van der Waals surface area contributed by atoms with Crippen molar-refractivity contribution in [2.75, 3.05) is 0 Å². The molecule has 2 atom stereocenters.